The second kappa shape index (κ2) is 6.72. The minimum Gasteiger partial charge on any atom is -0.377 e. The summed E-state index contributed by atoms with van der Waals surface area (Å²) in [5.41, 5.74) is 6.35. The molecule has 100 valence electrons. The van der Waals surface area contributed by atoms with E-state index in [1.54, 1.807) is 0 Å². The molecule has 0 aromatic carbocycles. The van der Waals surface area contributed by atoms with Gasteiger partial charge in [-0.25, -0.2) is 0 Å². The summed E-state index contributed by atoms with van der Waals surface area (Å²) in [6, 6.07) is 0.387. The summed E-state index contributed by atoms with van der Waals surface area (Å²) in [6.45, 7) is 6.31. The van der Waals surface area contributed by atoms with Gasteiger partial charge in [-0.15, -0.1) is 0 Å². The fourth-order valence-electron chi connectivity index (χ4n) is 3.38. The van der Waals surface area contributed by atoms with Gasteiger partial charge in [-0.2, -0.15) is 0 Å². The molecule has 0 aromatic heterocycles. The zero-order valence-corrected chi connectivity index (χ0v) is 11.2. The van der Waals surface area contributed by atoms with Gasteiger partial charge in [0.05, 0.1) is 6.10 Å². The van der Waals surface area contributed by atoms with Crippen molar-refractivity contribution in [3.63, 3.8) is 0 Å². The molecule has 2 N–H and O–H groups in total. The lowest BCUT2D eigenvalue weighted by molar-refractivity contribution is 0.00310. The van der Waals surface area contributed by atoms with Crippen LogP contribution in [0.1, 0.15) is 45.4 Å². The predicted octanol–water partition coefficient (Wildman–Crippen LogP) is 2.00. The van der Waals surface area contributed by atoms with E-state index < -0.39 is 0 Å². The number of rotatable bonds is 5. The Morgan fingerprint density at radius 2 is 2.00 bits per heavy atom. The summed E-state index contributed by atoms with van der Waals surface area (Å²) in [4.78, 5) is 2.52. The topological polar surface area (TPSA) is 38.5 Å². The highest BCUT2D eigenvalue weighted by molar-refractivity contribution is 4.83. The van der Waals surface area contributed by atoms with Crippen molar-refractivity contribution in [3.8, 4) is 0 Å². The Balaban J connectivity index is 1.73. The molecule has 0 amide bonds. The summed E-state index contributed by atoms with van der Waals surface area (Å²) < 4.78 is 5.74. The van der Waals surface area contributed by atoms with Crippen LogP contribution in [0, 0.1) is 5.92 Å². The molecule has 2 aliphatic rings. The van der Waals surface area contributed by atoms with Gasteiger partial charge in [0.15, 0.2) is 0 Å². The van der Waals surface area contributed by atoms with Crippen molar-refractivity contribution in [3.05, 3.63) is 0 Å². The molecule has 1 saturated heterocycles. The quantitative estimate of drug-likeness (QED) is 0.799. The molecule has 3 heteroatoms. The third-order valence-electron chi connectivity index (χ3n) is 4.34. The third kappa shape index (κ3) is 3.94. The van der Waals surface area contributed by atoms with Crippen LogP contribution >= 0.6 is 0 Å². The van der Waals surface area contributed by atoms with Crippen molar-refractivity contribution >= 4 is 0 Å². The van der Waals surface area contributed by atoms with Gasteiger partial charge in [0.2, 0.25) is 0 Å². The second-order valence-electron chi connectivity index (χ2n) is 5.69. The Morgan fingerprint density at radius 1 is 1.24 bits per heavy atom. The molecule has 1 saturated carbocycles. The highest BCUT2D eigenvalue weighted by Crippen LogP contribution is 2.27. The van der Waals surface area contributed by atoms with Crippen LogP contribution in [0.15, 0.2) is 0 Å². The zero-order chi connectivity index (χ0) is 12.1. The summed E-state index contributed by atoms with van der Waals surface area (Å²) in [7, 11) is 0. The van der Waals surface area contributed by atoms with E-state index in [2.05, 4.69) is 11.8 Å². The number of ether oxygens (including phenoxy) is 1. The lowest BCUT2D eigenvalue weighted by Gasteiger charge is -2.35. The fraction of sp³-hybridized carbons (Fsp3) is 1.00. The molecule has 0 bridgehead atoms. The van der Waals surface area contributed by atoms with Crippen molar-refractivity contribution in [1.29, 1.82) is 0 Å². The van der Waals surface area contributed by atoms with E-state index in [4.69, 9.17) is 10.5 Å². The van der Waals surface area contributed by atoms with Crippen molar-refractivity contribution in [2.24, 2.45) is 11.7 Å². The van der Waals surface area contributed by atoms with E-state index in [9.17, 15) is 0 Å². The molecule has 1 aliphatic carbocycles. The molecular formula is C14H28N2O. The van der Waals surface area contributed by atoms with Crippen molar-refractivity contribution in [1.82, 2.24) is 4.90 Å². The lowest BCUT2D eigenvalue weighted by Crippen LogP contribution is -2.47. The van der Waals surface area contributed by atoms with Crippen LogP contribution in [0.2, 0.25) is 0 Å². The van der Waals surface area contributed by atoms with Gasteiger partial charge < -0.3 is 10.5 Å². The van der Waals surface area contributed by atoms with Gasteiger partial charge >= 0.3 is 0 Å². The van der Waals surface area contributed by atoms with Crippen LogP contribution in [-0.2, 0) is 4.74 Å². The molecule has 2 fully saturated rings. The van der Waals surface area contributed by atoms with Gasteiger partial charge in [0.25, 0.3) is 0 Å². The van der Waals surface area contributed by atoms with Crippen LogP contribution < -0.4 is 5.73 Å². The van der Waals surface area contributed by atoms with Crippen LogP contribution in [0.4, 0.5) is 0 Å². The number of hydrogen-bond donors (Lipinski definition) is 1. The van der Waals surface area contributed by atoms with E-state index in [0.29, 0.717) is 12.1 Å². The Morgan fingerprint density at radius 3 is 2.71 bits per heavy atom. The average molecular weight is 240 g/mol. The van der Waals surface area contributed by atoms with Gasteiger partial charge in [0, 0.05) is 25.7 Å². The van der Waals surface area contributed by atoms with Crippen LogP contribution in [0.3, 0.4) is 0 Å². The molecule has 17 heavy (non-hydrogen) atoms. The van der Waals surface area contributed by atoms with Crippen LogP contribution in [0.5, 0.6) is 0 Å². The van der Waals surface area contributed by atoms with Crippen LogP contribution in [0.25, 0.3) is 0 Å². The smallest absolute Gasteiger partial charge is 0.0702 e. The number of nitrogens with zero attached hydrogens (tertiary/aromatic N) is 1. The molecule has 0 aromatic rings. The Labute approximate surface area is 106 Å². The lowest BCUT2D eigenvalue weighted by atomic mass is 9.97. The van der Waals surface area contributed by atoms with Gasteiger partial charge in [0.1, 0.15) is 0 Å². The first kappa shape index (κ1) is 13.3. The van der Waals surface area contributed by atoms with Gasteiger partial charge in [-0.3, -0.25) is 4.90 Å². The molecular weight excluding hydrogens is 212 g/mol. The molecule has 1 aliphatic heterocycles. The number of nitrogens with two attached hydrogens (primary N) is 1. The van der Waals surface area contributed by atoms with Gasteiger partial charge in [-0.1, -0.05) is 12.8 Å². The van der Waals surface area contributed by atoms with Gasteiger partial charge in [-0.05, 0) is 45.1 Å². The third-order valence-corrected chi connectivity index (χ3v) is 4.34. The summed E-state index contributed by atoms with van der Waals surface area (Å²) in [6.07, 6.45) is 8.42. The Hall–Kier alpha value is -0.120. The largest absolute Gasteiger partial charge is 0.377 e. The van der Waals surface area contributed by atoms with Crippen molar-refractivity contribution < 1.29 is 4.74 Å². The molecule has 2 atom stereocenters. The minimum atomic E-state index is 0.387. The van der Waals surface area contributed by atoms with Crippen molar-refractivity contribution in [2.75, 3.05) is 26.2 Å². The summed E-state index contributed by atoms with van der Waals surface area (Å²) >= 11 is 0. The van der Waals surface area contributed by atoms with E-state index in [1.165, 1.54) is 45.1 Å². The normalized spacial score (nSPS) is 29.6. The molecule has 0 radical (unpaired) electrons. The predicted molar refractivity (Wildman–Crippen MR) is 71.0 cm³/mol. The SMILES string of the molecule is CCOC1CCCN(CC(N)C2CCCC2)C1. The second-order valence-corrected chi connectivity index (χ2v) is 5.69. The van der Waals surface area contributed by atoms with Crippen LogP contribution in [-0.4, -0.2) is 43.3 Å². The number of piperidine rings is 1. The number of likely N-dealkylation sites (tertiary alicyclic amines) is 1. The fourth-order valence-corrected chi connectivity index (χ4v) is 3.38. The zero-order valence-electron chi connectivity index (χ0n) is 11.2. The van der Waals surface area contributed by atoms with E-state index >= 15 is 0 Å². The molecule has 3 nitrogen and oxygen atoms in total. The standard InChI is InChI=1S/C14H28N2O/c1-2-17-13-8-5-9-16(10-13)11-14(15)12-6-3-4-7-12/h12-14H,2-11,15H2,1H3. The van der Waals surface area contributed by atoms with E-state index in [-0.39, 0.29) is 0 Å². The van der Waals surface area contributed by atoms with Crippen molar-refractivity contribution in [2.45, 2.75) is 57.6 Å². The Bertz CT molecular complexity index is 214. The Kier molecular flexibility index (Phi) is 5.26. The maximum Gasteiger partial charge on any atom is 0.0702 e. The molecule has 2 unspecified atom stereocenters. The highest BCUT2D eigenvalue weighted by atomic mass is 16.5. The monoisotopic (exact) mass is 240 g/mol. The maximum atomic E-state index is 6.35. The van der Waals surface area contributed by atoms with E-state index in [0.717, 1.165) is 25.6 Å². The summed E-state index contributed by atoms with van der Waals surface area (Å²) in [5.74, 6) is 0.780. The first-order valence-corrected chi connectivity index (χ1v) is 7.39. The van der Waals surface area contributed by atoms with E-state index in [1.807, 2.05) is 0 Å². The molecule has 2 rings (SSSR count). The molecule has 0 spiro atoms. The molecule has 1 heterocycles. The first-order chi connectivity index (χ1) is 8.29. The average Bonchev–Trinajstić information content (AvgIpc) is 2.83. The summed E-state index contributed by atoms with van der Waals surface area (Å²) in [5, 5.41) is 0. The first-order valence-electron chi connectivity index (χ1n) is 7.39. The highest BCUT2D eigenvalue weighted by Gasteiger charge is 2.26. The number of hydrogen-bond acceptors (Lipinski definition) is 3. The minimum absolute atomic E-state index is 0.387. The maximum absolute atomic E-state index is 6.35.